The van der Waals surface area contributed by atoms with Crippen molar-refractivity contribution in [3.05, 3.63) is 39.9 Å². The summed E-state index contributed by atoms with van der Waals surface area (Å²) in [5.74, 6) is 0.0713. The Labute approximate surface area is 135 Å². The molecule has 2 fully saturated rings. The van der Waals surface area contributed by atoms with Gasteiger partial charge < -0.3 is 10.6 Å². The number of amides is 1. The van der Waals surface area contributed by atoms with Crippen molar-refractivity contribution in [1.82, 2.24) is 10.6 Å². The zero-order valence-electron chi connectivity index (χ0n) is 13.4. The number of hydrogen-bond acceptors (Lipinski definition) is 4. The van der Waals surface area contributed by atoms with Crippen LogP contribution in [-0.2, 0) is 4.79 Å². The number of non-ortho nitro benzene ring substituents is 1. The third kappa shape index (κ3) is 3.08. The van der Waals surface area contributed by atoms with Gasteiger partial charge in [-0.3, -0.25) is 14.9 Å². The van der Waals surface area contributed by atoms with E-state index in [1.165, 1.54) is 25.0 Å². The van der Waals surface area contributed by atoms with Crippen LogP contribution in [-0.4, -0.2) is 23.9 Å². The predicted octanol–water partition coefficient (Wildman–Crippen LogP) is 2.55. The number of carbonyl (C=O) groups is 1. The van der Waals surface area contributed by atoms with Gasteiger partial charge in [-0.05, 0) is 30.7 Å². The number of nitro benzene ring substituents is 1. The standard InChI is InChI=1S/C17H23N3O3/c1-12(13-5-4-6-14(9-13)20(22)23)19-16(21)15-10-18-11-17(15)7-2-3-8-17/h4-6,9,12,15,18H,2-3,7-8,10-11H2,1H3,(H,19,21). The van der Waals surface area contributed by atoms with Crippen molar-refractivity contribution in [1.29, 1.82) is 0 Å². The Balaban J connectivity index is 1.70. The second-order valence-electron chi connectivity index (χ2n) is 6.84. The highest BCUT2D eigenvalue weighted by Crippen LogP contribution is 2.46. The van der Waals surface area contributed by atoms with Crippen molar-refractivity contribution in [2.45, 2.75) is 38.6 Å². The normalized spacial score (nSPS) is 23.8. The molecule has 1 aromatic carbocycles. The second-order valence-corrected chi connectivity index (χ2v) is 6.84. The summed E-state index contributed by atoms with van der Waals surface area (Å²) in [5, 5.41) is 17.3. The minimum Gasteiger partial charge on any atom is -0.349 e. The molecule has 23 heavy (non-hydrogen) atoms. The van der Waals surface area contributed by atoms with Crippen LogP contribution in [0.1, 0.15) is 44.2 Å². The monoisotopic (exact) mass is 317 g/mol. The molecule has 2 atom stereocenters. The minimum absolute atomic E-state index is 0.00569. The molecule has 1 heterocycles. The molecule has 6 heteroatoms. The fraction of sp³-hybridized carbons (Fsp3) is 0.588. The first-order chi connectivity index (χ1) is 11.0. The van der Waals surface area contributed by atoms with Crippen LogP contribution >= 0.6 is 0 Å². The third-order valence-electron chi connectivity index (χ3n) is 5.42. The van der Waals surface area contributed by atoms with Crippen LogP contribution < -0.4 is 10.6 Å². The minimum atomic E-state index is -0.410. The first-order valence-corrected chi connectivity index (χ1v) is 8.27. The molecule has 0 aromatic heterocycles. The average Bonchev–Trinajstić information content (AvgIpc) is 3.18. The van der Waals surface area contributed by atoms with Gasteiger partial charge in [-0.15, -0.1) is 0 Å². The van der Waals surface area contributed by atoms with Crippen molar-refractivity contribution in [3.63, 3.8) is 0 Å². The maximum atomic E-state index is 12.7. The van der Waals surface area contributed by atoms with Gasteiger partial charge >= 0.3 is 0 Å². The lowest BCUT2D eigenvalue weighted by molar-refractivity contribution is -0.384. The molecule has 0 radical (unpaired) electrons. The lowest BCUT2D eigenvalue weighted by atomic mass is 9.76. The van der Waals surface area contributed by atoms with Gasteiger partial charge in [-0.25, -0.2) is 0 Å². The van der Waals surface area contributed by atoms with Gasteiger partial charge in [0.1, 0.15) is 0 Å². The van der Waals surface area contributed by atoms with E-state index in [2.05, 4.69) is 10.6 Å². The van der Waals surface area contributed by atoms with E-state index in [1.54, 1.807) is 6.07 Å². The Bertz CT molecular complexity index is 605. The van der Waals surface area contributed by atoms with Gasteiger partial charge in [0.25, 0.3) is 5.69 Å². The van der Waals surface area contributed by atoms with Crippen molar-refractivity contribution in [3.8, 4) is 0 Å². The zero-order valence-corrected chi connectivity index (χ0v) is 13.4. The average molecular weight is 317 g/mol. The first-order valence-electron chi connectivity index (χ1n) is 8.27. The van der Waals surface area contributed by atoms with Gasteiger partial charge in [0.15, 0.2) is 0 Å². The molecule has 1 amide bonds. The van der Waals surface area contributed by atoms with Crippen molar-refractivity contribution in [2.75, 3.05) is 13.1 Å². The lowest BCUT2D eigenvalue weighted by Crippen LogP contribution is -2.41. The predicted molar refractivity (Wildman–Crippen MR) is 86.9 cm³/mol. The van der Waals surface area contributed by atoms with Crippen LogP contribution in [0.15, 0.2) is 24.3 Å². The highest BCUT2D eigenvalue weighted by molar-refractivity contribution is 5.80. The summed E-state index contributed by atoms with van der Waals surface area (Å²) in [5.41, 5.74) is 0.935. The van der Waals surface area contributed by atoms with Crippen LogP contribution in [0.5, 0.6) is 0 Å². The van der Waals surface area contributed by atoms with E-state index in [-0.39, 0.29) is 29.0 Å². The maximum absolute atomic E-state index is 12.7. The smallest absolute Gasteiger partial charge is 0.269 e. The van der Waals surface area contributed by atoms with Gasteiger partial charge in [0.2, 0.25) is 5.91 Å². The van der Waals surface area contributed by atoms with Crippen LogP contribution in [0.2, 0.25) is 0 Å². The summed E-state index contributed by atoms with van der Waals surface area (Å²) in [7, 11) is 0. The fourth-order valence-corrected chi connectivity index (χ4v) is 4.09. The summed E-state index contributed by atoms with van der Waals surface area (Å²) >= 11 is 0. The molecular formula is C17H23N3O3. The van der Waals surface area contributed by atoms with Gasteiger partial charge in [0.05, 0.1) is 16.9 Å². The topological polar surface area (TPSA) is 84.3 Å². The van der Waals surface area contributed by atoms with Crippen molar-refractivity contribution < 1.29 is 9.72 Å². The molecule has 1 aliphatic heterocycles. The molecule has 1 saturated carbocycles. The Hall–Kier alpha value is -1.95. The lowest BCUT2D eigenvalue weighted by Gasteiger charge is -2.30. The van der Waals surface area contributed by atoms with E-state index in [0.717, 1.165) is 31.5 Å². The quantitative estimate of drug-likeness (QED) is 0.660. The summed E-state index contributed by atoms with van der Waals surface area (Å²) in [6, 6.07) is 6.24. The number of carbonyl (C=O) groups excluding carboxylic acids is 1. The molecule has 1 spiro atoms. The summed E-state index contributed by atoms with van der Waals surface area (Å²) in [6.07, 6.45) is 4.63. The Kier molecular flexibility index (Phi) is 4.35. The molecule has 1 saturated heterocycles. The molecule has 1 aliphatic carbocycles. The van der Waals surface area contributed by atoms with Gasteiger partial charge in [0, 0.05) is 25.2 Å². The fourth-order valence-electron chi connectivity index (χ4n) is 4.09. The van der Waals surface area contributed by atoms with E-state index in [9.17, 15) is 14.9 Å². The molecule has 6 nitrogen and oxygen atoms in total. The highest BCUT2D eigenvalue weighted by Gasteiger charge is 2.48. The summed E-state index contributed by atoms with van der Waals surface area (Å²) < 4.78 is 0. The van der Waals surface area contributed by atoms with Crippen LogP contribution in [0.25, 0.3) is 0 Å². The van der Waals surface area contributed by atoms with Crippen molar-refractivity contribution >= 4 is 11.6 Å². The van der Waals surface area contributed by atoms with Gasteiger partial charge in [-0.2, -0.15) is 0 Å². The number of nitrogens with one attached hydrogen (secondary N) is 2. The number of rotatable bonds is 4. The van der Waals surface area contributed by atoms with Crippen LogP contribution in [0, 0.1) is 21.4 Å². The van der Waals surface area contributed by atoms with E-state index < -0.39 is 4.92 Å². The molecule has 1 aromatic rings. The maximum Gasteiger partial charge on any atom is 0.269 e. The number of nitrogens with zero attached hydrogens (tertiary/aromatic N) is 1. The number of hydrogen-bond donors (Lipinski definition) is 2. The van der Waals surface area contributed by atoms with E-state index in [0.29, 0.717) is 0 Å². The van der Waals surface area contributed by atoms with Crippen molar-refractivity contribution in [2.24, 2.45) is 11.3 Å². The molecular weight excluding hydrogens is 294 g/mol. The molecule has 0 bridgehead atoms. The Morgan fingerprint density at radius 1 is 1.43 bits per heavy atom. The number of nitro groups is 1. The highest BCUT2D eigenvalue weighted by atomic mass is 16.6. The molecule has 124 valence electrons. The Morgan fingerprint density at radius 2 is 2.17 bits per heavy atom. The zero-order chi connectivity index (χ0) is 16.4. The van der Waals surface area contributed by atoms with E-state index >= 15 is 0 Å². The number of benzene rings is 1. The SMILES string of the molecule is CC(NC(=O)C1CNCC12CCCC2)c1cccc([N+](=O)[O-])c1. The van der Waals surface area contributed by atoms with Gasteiger partial charge in [-0.1, -0.05) is 25.0 Å². The van der Waals surface area contributed by atoms with E-state index in [4.69, 9.17) is 0 Å². The molecule has 3 rings (SSSR count). The molecule has 2 unspecified atom stereocenters. The molecule has 2 aliphatic rings. The third-order valence-corrected chi connectivity index (χ3v) is 5.42. The Morgan fingerprint density at radius 3 is 2.87 bits per heavy atom. The van der Waals surface area contributed by atoms with Crippen LogP contribution in [0.4, 0.5) is 5.69 Å². The van der Waals surface area contributed by atoms with Crippen LogP contribution in [0.3, 0.4) is 0 Å². The van der Waals surface area contributed by atoms with E-state index in [1.807, 2.05) is 13.0 Å². The largest absolute Gasteiger partial charge is 0.349 e. The molecule has 2 N–H and O–H groups in total. The summed E-state index contributed by atoms with van der Waals surface area (Å²) in [4.78, 5) is 23.2. The second kappa shape index (κ2) is 6.28. The summed E-state index contributed by atoms with van der Waals surface area (Å²) in [6.45, 7) is 3.53. The first kappa shape index (κ1) is 15.9.